The summed E-state index contributed by atoms with van der Waals surface area (Å²) in [7, 11) is 0. The maximum atomic E-state index is 5.32. The van der Waals surface area contributed by atoms with Gasteiger partial charge in [-0.15, -0.1) is 0 Å². The van der Waals surface area contributed by atoms with Gasteiger partial charge in [0.05, 0.1) is 6.54 Å². The first-order valence-corrected chi connectivity index (χ1v) is 5.58. The molecule has 0 fully saturated rings. The van der Waals surface area contributed by atoms with Gasteiger partial charge in [-0.3, -0.25) is 4.99 Å². The van der Waals surface area contributed by atoms with Crippen molar-refractivity contribution in [3.8, 4) is 0 Å². The van der Waals surface area contributed by atoms with Crippen molar-refractivity contribution in [2.24, 2.45) is 16.5 Å². The third-order valence-electron chi connectivity index (χ3n) is 2.98. The van der Waals surface area contributed by atoms with Gasteiger partial charge in [0.1, 0.15) is 0 Å². The van der Waals surface area contributed by atoms with Crippen LogP contribution in [-0.2, 0) is 6.42 Å². The second-order valence-electron chi connectivity index (χ2n) is 4.18. The van der Waals surface area contributed by atoms with Crippen molar-refractivity contribution in [2.45, 2.75) is 19.4 Å². The summed E-state index contributed by atoms with van der Waals surface area (Å²) in [6.07, 6.45) is 1.11. The minimum atomic E-state index is 0.167. The number of hydrogen-bond donors (Lipinski definition) is 2. The largest absolute Gasteiger partial charge is 0.370 e. The van der Waals surface area contributed by atoms with E-state index in [0.29, 0.717) is 12.6 Å². The fraction of sp³-hybridized carbons (Fsp3) is 0.417. The molecule has 0 aliphatic carbocycles. The average molecular weight is 218 g/mol. The molecule has 1 heterocycles. The molecule has 4 N–H and O–H groups in total. The molecule has 1 aromatic rings. The highest BCUT2D eigenvalue weighted by molar-refractivity contribution is 5.75. The van der Waals surface area contributed by atoms with Gasteiger partial charge in [-0.2, -0.15) is 0 Å². The third kappa shape index (κ3) is 2.10. The molecule has 4 heteroatoms. The summed E-state index contributed by atoms with van der Waals surface area (Å²) in [5, 5.41) is 0. The summed E-state index contributed by atoms with van der Waals surface area (Å²) in [4.78, 5) is 6.39. The Morgan fingerprint density at radius 2 is 2.19 bits per heavy atom. The standard InChI is InChI=1S/C12H18N4/c1-9-8-10-4-2-3-5-11(10)16(9)7-6-15-12(13)14/h2-5,9H,6-8H2,1H3,(H4,13,14,15). The number of rotatable bonds is 3. The Kier molecular flexibility index (Phi) is 2.99. The van der Waals surface area contributed by atoms with Crippen LogP contribution in [0.5, 0.6) is 0 Å². The number of para-hydroxylation sites is 1. The number of anilines is 1. The first kappa shape index (κ1) is 10.8. The molecule has 4 nitrogen and oxygen atoms in total. The minimum Gasteiger partial charge on any atom is -0.370 e. The van der Waals surface area contributed by atoms with Gasteiger partial charge in [0.25, 0.3) is 0 Å². The molecule has 0 spiro atoms. The van der Waals surface area contributed by atoms with Gasteiger partial charge in [0.2, 0.25) is 0 Å². The van der Waals surface area contributed by atoms with E-state index in [9.17, 15) is 0 Å². The van der Waals surface area contributed by atoms with Crippen molar-refractivity contribution < 1.29 is 0 Å². The van der Waals surface area contributed by atoms with Crippen LogP contribution in [0.2, 0.25) is 0 Å². The monoisotopic (exact) mass is 218 g/mol. The summed E-state index contributed by atoms with van der Waals surface area (Å²) < 4.78 is 0. The maximum absolute atomic E-state index is 5.32. The van der Waals surface area contributed by atoms with Gasteiger partial charge in [-0.25, -0.2) is 0 Å². The zero-order valence-electron chi connectivity index (χ0n) is 9.56. The normalized spacial score (nSPS) is 18.3. The van der Waals surface area contributed by atoms with E-state index in [1.165, 1.54) is 11.3 Å². The molecule has 0 bridgehead atoms. The van der Waals surface area contributed by atoms with Gasteiger partial charge < -0.3 is 16.4 Å². The maximum Gasteiger partial charge on any atom is 0.185 e. The van der Waals surface area contributed by atoms with E-state index >= 15 is 0 Å². The van der Waals surface area contributed by atoms with Crippen molar-refractivity contribution >= 4 is 11.6 Å². The molecule has 0 radical (unpaired) electrons. The van der Waals surface area contributed by atoms with E-state index in [-0.39, 0.29) is 5.96 Å². The molecule has 1 aromatic carbocycles. The molecule has 0 aromatic heterocycles. The van der Waals surface area contributed by atoms with E-state index in [1.807, 2.05) is 0 Å². The van der Waals surface area contributed by atoms with Gasteiger partial charge in [-0.1, -0.05) is 18.2 Å². The summed E-state index contributed by atoms with van der Waals surface area (Å²) in [6, 6.07) is 9.04. The van der Waals surface area contributed by atoms with Crippen molar-refractivity contribution in [3.63, 3.8) is 0 Å². The molecular formula is C12H18N4. The number of nitrogens with zero attached hydrogens (tertiary/aromatic N) is 2. The molecule has 1 atom stereocenters. The van der Waals surface area contributed by atoms with Gasteiger partial charge >= 0.3 is 0 Å². The number of nitrogens with two attached hydrogens (primary N) is 2. The van der Waals surface area contributed by atoms with Crippen LogP contribution >= 0.6 is 0 Å². The fourth-order valence-corrected chi connectivity index (χ4v) is 2.26. The van der Waals surface area contributed by atoms with Crippen LogP contribution in [-0.4, -0.2) is 25.1 Å². The molecule has 1 aliphatic heterocycles. The predicted octanol–water partition coefficient (Wildman–Crippen LogP) is 0.711. The second kappa shape index (κ2) is 4.43. The molecule has 1 aliphatic rings. The van der Waals surface area contributed by atoms with Crippen LogP contribution in [0.3, 0.4) is 0 Å². The highest BCUT2D eigenvalue weighted by Gasteiger charge is 2.24. The summed E-state index contributed by atoms with van der Waals surface area (Å²) >= 11 is 0. The van der Waals surface area contributed by atoms with Crippen molar-refractivity contribution in [1.82, 2.24) is 0 Å². The van der Waals surface area contributed by atoms with Crippen LogP contribution in [0.4, 0.5) is 5.69 Å². The number of aliphatic imine (C=N–C) groups is 1. The molecule has 2 rings (SSSR count). The Labute approximate surface area is 96.0 Å². The van der Waals surface area contributed by atoms with Crippen molar-refractivity contribution in [1.29, 1.82) is 0 Å². The molecule has 0 saturated heterocycles. The van der Waals surface area contributed by atoms with Crippen LogP contribution < -0.4 is 16.4 Å². The zero-order valence-corrected chi connectivity index (χ0v) is 9.56. The molecule has 1 unspecified atom stereocenters. The summed E-state index contributed by atoms with van der Waals surface area (Å²) in [5.74, 6) is 0.167. The van der Waals surface area contributed by atoms with Crippen LogP contribution in [0.15, 0.2) is 29.3 Å². The summed E-state index contributed by atoms with van der Waals surface area (Å²) in [5.41, 5.74) is 13.4. The SMILES string of the molecule is CC1Cc2ccccc2N1CCN=C(N)N. The van der Waals surface area contributed by atoms with E-state index in [1.54, 1.807) is 0 Å². The van der Waals surface area contributed by atoms with E-state index < -0.39 is 0 Å². The van der Waals surface area contributed by atoms with Gasteiger partial charge in [-0.05, 0) is 25.0 Å². The first-order chi connectivity index (χ1) is 7.68. The quantitative estimate of drug-likeness (QED) is 0.580. The number of benzene rings is 1. The third-order valence-corrected chi connectivity index (χ3v) is 2.98. The van der Waals surface area contributed by atoms with E-state index in [0.717, 1.165) is 13.0 Å². The molecule has 86 valence electrons. The molecular weight excluding hydrogens is 200 g/mol. The van der Waals surface area contributed by atoms with Crippen LogP contribution in [0, 0.1) is 0 Å². The predicted molar refractivity (Wildman–Crippen MR) is 67.6 cm³/mol. The number of fused-ring (bicyclic) bond motifs is 1. The Morgan fingerprint density at radius 1 is 1.44 bits per heavy atom. The van der Waals surface area contributed by atoms with Crippen LogP contribution in [0.25, 0.3) is 0 Å². The lowest BCUT2D eigenvalue weighted by atomic mass is 10.1. The lowest BCUT2D eigenvalue weighted by molar-refractivity contribution is 0.674. The molecule has 16 heavy (non-hydrogen) atoms. The number of guanidine groups is 1. The Hall–Kier alpha value is -1.71. The Bertz CT molecular complexity index is 396. The average Bonchev–Trinajstić information content (AvgIpc) is 2.55. The molecule has 0 amide bonds. The topological polar surface area (TPSA) is 67.6 Å². The van der Waals surface area contributed by atoms with Crippen LogP contribution in [0.1, 0.15) is 12.5 Å². The van der Waals surface area contributed by atoms with Crippen molar-refractivity contribution in [3.05, 3.63) is 29.8 Å². The lowest BCUT2D eigenvalue weighted by Gasteiger charge is -2.23. The fourth-order valence-electron chi connectivity index (χ4n) is 2.26. The minimum absolute atomic E-state index is 0.167. The van der Waals surface area contributed by atoms with Gasteiger partial charge in [0, 0.05) is 18.3 Å². The second-order valence-corrected chi connectivity index (χ2v) is 4.18. The summed E-state index contributed by atoms with van der Waals surface area (Å²) in [6.45, 7) is 3.76. The van der Waals surface area contributed by atoms with Crippen molar-refractivity contribution in [2.75, 3.05) is 18.0 Å². The highest BCUT2D eigenvalue weighted by atomic mass is 15.2. The van der Waals surface area contributed by atoms with E-state index in [4.69, 9.17) is 11.5 Å². The lowest BCUT2D eigenvalue weighted by Crippen LogP contribution is -2.32. The zero-order chi connectivity index (χ0) is 11.5. The Morgan fingerprint density at radius 3 is 2.94 bits per heavy atom. The first-order valence-electron chi connectivity index (χ1n) is 5.58. The molecule has 0 saturated carbocycles. The Balaban J connectivity index is 2.07. The smallest absolute Gasteiger partial charge is 0.185 e. The highest BCUT2D eigenvalue weighted by Crippen LogP contribution is 2.31. The van der Waals surface area contributed by atoms with Gasteiger partial charge in [0.15, 0.2) is 5.96 Å². The number of hydrogen-bond acceptors (Lipinski definition) is 2. The van der Waals surface area contributed by atoms with E-state index in [2.05, 4.69) is 41.1 Å².